The highest BCUT2D eigenvalue weighted by Gasteiger charge is 2.19. The summed E-state index contributed by atoms with van der Waals surface area (Å²) in [6.07, 6.45) is 3.90. The number of hydrogen-bond donors (Lipinski definition) is 1. The molecule has 0 rings (SSSR count). The first kappa shape index (κ1) is 12.9. The van der Waals surface area contributed by atoms with Crippen molar-refractivity contribution in [3.8, 4) is 0 Å². The Hall–Kier alpha value is -0.0800. The molecule has 0 aliphatic rings. The van der Waals surface area contributed by atoms with Gasteiger partial charge < -0.3 is 10.1 Å². The van der Waals surface area contributed by atoms with E-state index in [4.69, 9.17) is 4.74 Å². The van der Waals surface area contributed by atoms with Gasteiger partial charge in [0.2, 0.25) is 0 Å². The summed E-state index contributed by atoms with van der Waals surface area (Å²) in [7, 11) is 3.83. The van der Waals surface area contributed by atoms with Gasteiger partial charge in [0.15, 0.2) is 0 Å². The third-order valence-corrected chi connectivity index (χ3v) is 2.42. The Balaban J connectivity index is 4.00. The van der Waals surface area contributed by atoms with Crippen LogP contribution in [0.5, 0.6) is 0 Å². The van der Waals surface area contributed by atoms with Gasteiger partial charge >= 0.3 is 0 Å². The van der Waals surface area contributed by atoms with Gasteiger partial charge in [-0.1, -0.05) is 27.2 Å². The van der Waals surface area contributed by atoms with Crippen LogP contribution in [0.3, 0.4) is 0 Å². The molecule has 2 nitrogen and oxygen atoms in total. The van der Waals surface area contributed by atoms with Gasteiger partial charge in [-0.25, -0.2) is 0 Å². The van der Waals surface area contributed by atoms with E-state index >= 15 is 0 Å². The van der Waals surface area contributed by atoms with Crippen LogP contribution in [0.1, 0.15) is 40.0 Å². The zero-order valence-corrected chi connectivity index (χ0v) is 9.76. The Labute approximate surface area is 83.1 Å². The van der Waals surface area contributed by atoms with E-state index in [9.17, 15) is 0 Å². The molecule has 1 N–H and O–H groups in total. The molecule has 0 bridgehead atoms. The first-order chi connectivity index (χ1) is 6.15. The molecule has 0 fully saturated rings. The van der Waals surface area contributed by atoms with Crippen LogP contribution in [0.4, 0.5) is 0 Å². The number of rotatable bonds is 7. The van der Waals surface area contributed by atoms with Gasteiger partial charge in [0.05, 0.1) is 6.10 Å². The minimum absolute atomic E-state index is 0.373. The molecule has 0 aromatic heterocycles. The first-order valence-electron chi connectivity index (χ1n) is 5.35. The van der Waals surface area contributed by atoms with Gasteiger partial charge in [-0.05, 0) is 25.8 Å². The highest BCUT2D eigenvalue weighted by molar-refractivity contribution is 4.76. The van der Waals surface area contributed by atoms with Crippen molar-refractivity contribution < 1.29 is 4.74 Å². The zero-order chi connectivity index (χ0) is 10.3. The van der Waals surface area contributed by atoms with E-state index in [1.165, 1.54) is 12.8 Å². The standard InChI is InChI=1S/C11H25NO/c1-6-7-11(13-5)10(12-4)8-9(2)3/h9-12H,6-8H2,1-5H3. The summed E-state index contributed by atoms with van der Waals surface area (Å²) in [5.74, 6) is 0.729. The maximum atomic E-state index is 5.48. The number of methoxy groups -OCH3 is 1. The fraction of sp³-hybridized carbons (Fsp3) is 1.00. The third-order valence-electron chi connectivity index (χ3n) is 2.42. The van der Waals surface area contributed by atoms with Crippen LogP contribution < -0.4 is 5.32 Å². The summed E-state index contributed by atoms with van der Waals surface area (Å²) in [4.78, 5) is 0. The van der Waals surface area contributed by atoms with E-state index in [1.807, 2.05) is 14.2 Å². The molecule has 0 amide bonds. The molecule has 2 unspecified atom stereocenters. The van der Waals surface area contributed by atoms with Crippen molar-refractivity contribution in [3.05, 3.63) is 0 Å². The van der Waals surface area contributed by atoms with Gasteiger partial charge in [0.1, 0.15) is 0 Å². The predicted octanol–water partition coefficient (Wildman–Crippen LogP) is 2.44. The van der Waals surface area contributed by atoms with Gasteiger partial charge in [0, 0.05) is 13.2 Å². The molecule has 0 saturated heterocycles. The minimum atomic E-state index is 0.373. The molecule has 2 atom stereocenters. The van der Waals surface area contributed by atoms with E-state index in [1.54, 1.807) is 0 Å². The minimum Gasteiger partial charge on any atom is -0.380 e. The Morgan fingerprint density at radius 1 is 1.31 bits per heavy atom. The molecule has 0 aromatic rings. The molecular formula is C11H25NO. The highest BCUT2D eigenvalue weighted by Crippen LogP contribution is 2.13. The lowest BCUT2D eigenvalue weighted by molar-refractivity contribution is 0.0566. The Morgan fingerprint density at radius 3 is 2.23 bits per heavy atom. The van der Waals surface area contributed by atoms with Crippen molar-refractivity contribution in [2.75, 3.05) is 14.2 Å². The summed E-state index contributed by atoms with van der Waals surface area (Å²) in [6.45, 7) is 6.71. The molecular weight excluding hydrogens is 162 g/mol. The van der Waals surface area contributed by atoms with Crippen molar-refractivity contribution in [1.82, 2.24) is 5.32 Å². The van der Waals surface area contributed by atoms with E-state index in [2.05, 4.69) is 26.1 Å². The molecule has 0 radical (unpaired) electrons. The fourth-order valence-electron chi connectivity index (χ4n) is 1.73. The molecule has 0 aliphatic heterocycles. The second-order valence-corrected chi connectivity index (χ2v) is 4.09. The van der Waals surface area contributed by atoms with E-state index < -0.39 is 0 Å². The predicted molar refractivity (Wildman–Crippen MR) is 58.0 cm³/mol. The molecule has 0 aliphatic carbocycles. The van der Waals surface area contributed by atoms with Gasteiger partial charge in [-0.15, -0.1) is 0 Å². The lowest BCUT2D eigenvalue weighted by Gasteiger charge is -2.26. The van der Waals surface area contributed by atoms with Crippen LogP contribution in [0.2, 0.25) is 0 Å². The lowest BCUT2D eigenvalue weighted by Crippen LogP contribution is -2.39. The molecule has 0 aromatic carbocycles. The number of ether oxygens (including phenoxy) is 1. The van der Waals surface area contributed by atoms with Crippen molar-refractivity contribution in [2.45, 2.75) is 52.2 Å². The van der Waals surface area contributed by atoms with Crippen LogP contribution in [0.15, 0.2) is 0 Å². The van der Waals surface area contributed by atoms with Gasteiger partial charge in [-0.3, -0.25) is 0 Å². The SMILES string of the molecule is CCCC(OC)C(CC(C)C)NC. The average molecular weight is 187 g/mol. The Bertz CT molecular complexity index is 115. The Morgan fingerprint density at radius 2 is 1.92 bits per heavy atom. The van der Waals surface area contributed by atoms with Crippen LogP contribution in [0, 0.1) is 5.92 Å². The second-order valence-electron chi connectivity index (χ2n) is 4.09. The second kappa shape index (κ2) is 7.34. The van der Waals surface area contributed by atoms with Crippen molar-refractivity contribution in [1.29, 1.82) is 0 Å². The number of hydrogen-bond acceptors (Lipinski definition) is 2. The monoisotopic (exact) mass is 187 g/mol. The third kappa shape index (κ3) is 5.27. The molecule has 13 heavy (non-hydrogen) atoms. The van der Waals surface area contributed by atoms with Crippen LogP contribution in [-0.2, 0) is 4.74 Å². The first-order valence-corrected chi connectivity index (χ1v) is 5.35. The summed E-state index contributed by atoms with van der Waals surface area (Å²) in [5, 5.41) is 3.34. The van der Waals surface area contributed by atoms with Crippen molar-refractivity contribution in [3.63, 3.8) is 0 Å². The highest BCUT2D eigenvalue weighted by atomic mass is 16.5. The molecule has 80 valence electrons. The molecule has 2 heteroatoms. The normalized spacial score (nSPS) is 16.2. The summed E-state index contributed by atoms with van der Waals surface area (Å²) < 4.78 is 5.48. The summed E-state index contributed by atoms with van der Waals surface area (Å²) in [5.41, 5.74) is 0. The summed E-state index contributed by atoms with van der Waals surface area (Å²) in [6, 6.07) is 0.505. The van der Waals surface area contributed by atoms with Crippen LogP contribution in [0.25, 0.3) is 0 Å². The van der Waals surface area contributed by atoms with Crippen molar-refractivity contribution in [2.24, 2.45) is 5.92 Å². The van der Waals surface area contributed by atoms with Gasteiger partial charge in [0.25, 0.3) is 0 Å². The van der Waals surface area contributed by atoms with Crippen molar-refractivity contribution >= 4 is 0 Å². The Kier molecular flexibility index (Phi) is 7.29. The quantitative estimate of drug-likeness (QED) is 0.661. The summed E-state index contributed by atoms with van der Waals surface area (Å²) >= 11 is 0. The maximum Gasteiger partial charge on any atom is 0.0724 e. The van der Waals surface area contributed by atoms with Crippen LogP contribution in [-0.4, -0.2) is 26.3 Å². The molecule has 0 saturated carbocycles. The molecule has 0 heterocycles. The smallest absolute Gasteiger partial charge is 0.0724 e. The fourth-order valence-corrected chi connectivity index (χ4v) is 1.73. The topological polar surface area (TPSA) is 21.3 Å². The average Bonchev–Trinajstić information content (AvgIpc) is 2.10. The number of likely N-dealkylation sites (N-methyl/N-ethyl adjacent to an activating group) is 1. The lowest BCUT2D eigenvalue weighted by atomic mass is 9.97. The zero-order valence-electron chi connectivity index (χ0n) is 9.76. The number of nitrogens with one attached hydrogen (secondary N) is 1. The van der Waals surface area contributed by atoms with E-state index in [0.717, 1.165) is 12.3 Å². The van der Waals surface area contributed by atoms with E-state index in [-0.39, 0.29) is 0 Å². The van der Waals surface area contributed by atoms with E-state index in [0.29, 0.717) is 12.1 Å². The van der Waals surface area contributed by atoms with Gasteiger partial charge in [-0.2, -0.15) is 0 Å². The maximum absolute atomic E-state index is 5.48. The largest absolute Gasteiger partial charge is 0.380 e. The van der Waals surface area contributed by atoms with Crippen LogP contribution >= 0.6 is 0 Å². The molecule has 0 spiro atoms.